The Kier molecular flexibility index (Phi) is 10.0. The van der Waals surface area contributed by atoms with E-state index in [9.17, 15) is 0 Å². The van der Waals surface area contributed by atoms with Gasteiger partial charge in [-0.3, -0.25) is 0 Å². The first-order chi connectivity index (χ1) is 36.2. The molecule has 0 amide bonds. The van der Waals surface area contributed by atoms with Gasteiger partial charge in [-0.05, 0) is 168 Å². The summed E-state index contributed by atoms with van der Waals surface area (Å²) in [4.78, 5) is 0. The summed E-state index contributed by atoms with van der Waals surface area (Å²) in [7, 11) is 0. The Balaban J connectivity index is 0.690. The largest absolute Gasteiger partial charge is 0.0616 e. The quantitative estimate of drug-likeness (QED) is 0.149. The summed E-state index contributed by atoms with van der Waals surface area (Å²) in [5, 5.41) is 5.11. The lowest BCUT2D eigenvalue weighted by Crippen LogP contribution is -2.15. The van der Waals surface area contributed by atoms with E-state index in [0.29, 0.717) is 0 Å². The highest BCUT2D eigenvalue weighted by atomic mass is 14.4. The molecule has 2 aliphatic carbocycles. The predicted molar refractivity (Wildman–Crippen MR) is 315 cm³/mol. The number of hydrogen-bond donors (Lipinski definition) is 0. The van der Waals surface area contributed by atoms with Crippen LogP contribution in [0.2, 0.25) is 0 Å². The van der Waals surface area contributed by atoms with Crippen molar-refractivity contribution in [2.75, 3.05) is 0 Å². The van der Waals surface area contributed by atoms with Gasteiger partial charge in [0.1, 0.15) is 0 Å². The zero-order valence-corrected chi connectivity index (χ0v) is 42.2. The van der Waals surface area contributed by atoms with Crippen LogP contribution < -0.4 is 0 Å². The van der Waals surface area contributed by atoms with Crippen molar-refractivity contribution < 1.29 is 0 Å². The van der Waals surface area contributed by atoms with Crippen molar-refractivity contribution in [2.45, 2.75) is 38.5 Å². The van der Waals surface area contributed by atoms with E-state index in [0.717, 1.165) is 0 Å². The van der Waals surface area contributed by atoms with Gasteiger partial charge in [0.15, 0.2) is 0 Å². The van der Waals surface area contributed by atoms with Gasteiger partial charge in [0.05, 0.1) is 0 Å². The van der Waals surface area contributed by atoms with E-state index in [1.54, 1.807) is 0 Å². The summed E-state index contributed by atoms with van der Waals surface area (Å²) in [5.74, 6) is 0. The standard InChI is InChI=1S/C74H54/c1-73(2)69-43-57(51-23-19-47(20-24-51)49-27-31-55(32-28-49)63-17-9-13-53-11-5-7-15-61(53)63)35-39-65(69)67-41-37-59(45-71(67)73)60-38-42-68-66-40-36-58(44-70(66)74(3,4)72(68)46-60)52-25-21-48(22-26-52)50-29-33-56(34-30-50)64-18-10-14-54-12-6-8-16-62(54)64/h5-46H,1-4H3. The third-order valence-corrected chi connectivity index (χ3v) is 16.8. The van der Waals surface area contributed by atoms with Crippen LogP contribution in [-0.2, 0) is 10.8 Å². The van der Waals surface area contributed by atoms with Crippen LogP contribution in [0.25, 0.3) is 122 Å². The Bertz CT molecular complexity index is 3900. The highest BCUT2D eigenvalue weighted by molar-refractivity contribution is 5.98. The summed E-state index contributed by atoms with van der Waals surface area (Å²) in [6.07, 6.45) is 0. The Morgan fingerprint density at radius 1 is 0.189 bits per heavy atom. The lowest BCUT2D eigenvalue weighted by molar-refractivity contribution is 0.660. The first-order valence-corrected chi connectivity index (χ1v) is 26.1. The van der Waals surface area contributed by atoms with Gasteiger partial charge in [0.2, 0.25) is 0 Å². The minimum absolute atomic E-state index is 0.147. The molecular formula is C74H54. The van der Waals surface area contributed by atoms with Crippen LogP contribution in [0.4, 0.5) is 0 Å². The molecule has 0 aromatic heterocycles. The van der Waals surface area contributed by atoms with Gasteiger partial charge in [-0.25, -0.2) is 0 Å². The Labute approximate surface area is 434 Å². The van der Waals surface area contributed by atoms with Gasteiger partial charge in [-0.15, -0.1) is 0 Å². The average Bonchev–Trinajstić information content (AvgIpc) is 3.83. The summed E-state index contributed by atoms with van der Waals surface area (Å²) in [5.41, 5.74) is 28.0. The molecule has 2 aliphatic rings. The van der Waals surface area contributed by atoms with Crippen molar-refractivity contribution in [1.82, 2.24) is 0 Å². The number of hydrogen-bond acceptors (Lipinski definition) is 0. The average molecular weight is 943 g/mol. The van der Waals surface area contributed by atoms with Crippen LogP contribution in [0.3, 0.4) is 0 Å². The first kappa shape index (κ1) is 43.9. The van der Waals surface area contributed by atoms with Crippen LogP contribution >= 0.6 is 0 Å². The Morgan fingerprint density at radius 3 is 0.730 bits per heavy atom. The Hall–Kier alpha value is -8.84. The maximum Gasteiger partial charge on any atom is 0.0159 e. The minimum atomic E-state index is -0.147. The highest BCUT2D eigenvalue weighted by Crippen LogP contribution is 2.53. The molecular weight excluding hydrogens is 889 g/mol. The summed E-state index contributed by atoms with van der Waals surface area (Å²) >= 11 is 0. The molecule has 0 fully saturated rings. The molecule has 0 spiro atoms. The number of rotatable bonds is 7. The van der Waals surface area contributed by atoms with Crippen molar-refractivity contribution >= 4 is 21.5 Å². The lowest BCUT2D eigenvalue weighted by atomic mass is 9.79. The van der Waals surface area contributed by atoms with Crippen LogP contribution in [0.15, 0.2) is 255 Å². The van der Waals surface area contributed by atoms with Gasteiger partial charge < -0.3 is 0 Å². The van der Waals surface area contributed by atoms with E-state index in [-0.39, 0.29) is 10.8 Å². The zero-order valence-electron chi connectivity index (χ0n) is 42.2. The van der Waals surface area contributed by atoms with Crippen LogP contribution in [0, 0.1) is 0 Å². The number of benzene rings is 12. The molecule has 0 unspecified atom stereocenters. The van der Waals surface area contributed by atoms with Gasteiger partial charge in [-0.1, -0.05) is 258 Å². The topological polar surface area (TPSA) is 0 Å². The molecule has 0 aliphatic heterocycles. The Morgan fingerprint density at radius 2 is 0.419 bits per heavy atom. The molecule has 0 saturated heterocycles. The van der Waals surface area contributed by atoms with Crippen molar-refractivity contribution in [2.24, 2.45) is 0 Å². The fraction of sp³-hybridized carbons (Fsp3) is 0.0811. The van der Waals surface area contributed by atoms with E-state index in [1.165, 1.54) is 144 Å². The normalized spacial score (nSPS) is 13.6. The molecule has 12 aromatic carbocycles. The van der Waals surface area contributed by atoms with Crippen molar-refractivity contribution in [3.63, 3.8) is 0 Å². The molecule has 0 heterocycles. The summed E-state index contributed by atoms with van der Waals surface area (Å²) in [6.45, 7) is 9.59. The molecule has 0 bridgehead atoms. The molecule has 0 nitrogen and oxygen atoms in total. The third-order valence-electron chi connectivity index (χ3n) is 16.8. The lowest BCUT2D eigenvalue weighted by Gasteiger charge is -2.24. The number of fused-ring (bicyclic) bond motifs is 8. The molecule has 0 atom stereocenters. The van der Waals surface area contributed by atoms with Gasteiger partial charge in [0, 0.05) is 10.8 Å². The van der Waals surface area contributed by atoms with Crippen LogP contribution in [0.1, 0.15) is 49.9 Å². The fourth-order valence-electron chi connectivity index (χ4n) is 12.5. The van der Waals surface area contributed by atoms with Gasteiger partial charge in [0.25, 0.3) is 0 Å². The predicted octanol–water partition coefficient (Wildman–Crippen LogP) is 20.3. The monoisotopic (exact) mass is 942 g/mol. The van der Waals surface area contributed by atoms with Crippen LogP contribution in [0.5, 0.6) is 0 Å². The second-order valence-electron chi connectivity index (χ2n) is 21.7. The smallest absolute Gasteiger partial charge is 0.0159 e. The molecule has 0 saturated carbocycles. The fourth-order valence-corrected chi connectivity index (χ4v) is 12.5. The molecule has 0 N–H and O–H groups in total. The molecule has 74 heavy (non-hydrogen) atoms. The zero-order chi connectivity index (χ0) is 49.7. The van der Waals surface area contributed by atoms with E-state index in [2.05, 4.69) is 282 Å². The maximum atomic E-state index is 2.47. The third kappa shape index (κ3) is 7.12. The van der Waals surface area contributed by atoms with Gasteiger partial charge in [-0.2, -0.15) is 0 Å². The summed E-state index contributed by atoms with van der Waals surface area (Å²) in [6, 6.07) is 95.1. The second kappa shape index (κ2) is 16.9. The SMILES string of the molecule is CC1(C)c2cc(-c3ccc(-c4ccc(-c5cccc6ccccc56)cc4)cc3)ccc2-c2ccc(-c3ccc4c(c3)C(C)(C)c3cc(-c5ccc(-c6ccc(-c7cccc8ccccc78)cc6)cc5)ccc3-4)cc21. The molecule has 14 rings (SSSR count). The first-order valence-electron chi connectivity index (χ1n) is 26.1. The highest BCUT2D eigenvalue weighted by Gasteiger charge is 2.38. The summed E-state index contributed by atoms with van der Waals surface area (Å²) < 4.78 is 0. The van der Waals surface area contributed by atoms with Crippen molar-refractivity contribution in [1.29, 1.82) is 0 Å². The molecule has 12 aromatic rings. The maximum absolute atomic E-state index is 2.47. The van der Waals surface area contributed by atoms with Crippen LogP contribution in [-0.4, -0.2) is 0 Å². The molecule has 350 valence electrons. The van der Waals surface area contributed by atoms with Gasteiger partial charge >= 0.3 is 0 Å². The van der Waals surface area contributed by atoms with E-state index >= 15 is 0 Å². The molecule has 0 radical (unpaired) electrons. The van der Waals surface area contributed by atoms with E-state index in [4.69, 9.17) is 0 Å². The second-order valence-corrected chi connectivity index (χ2v) is 21.7. The van der Waals surface area contributed by atoms with E-state index in [1.807, 2.05) is 0 Å². The molecule has 0 heteroatoms. The minimum Gasteiger partial charge on any atom is -0.0616 e. The van der Waals surface area contributed by atoms with Crippen molar-refractivity contribution in [3.8, 4) is 100 Å². The van der Waals surface area contributed by atoms with E-state index < -0.39 is 0 Å². The van der Waals surface area contributed by atoms with Crippen molar-refractivity contribution in [3.05, 3.63) is 277 Å².